The Hall–Kier alpha value is -1.11. The smallest absolute Gasteiger partial charge is 0.240 e. The first-order valence-corrected chi connectivity index (χ1v) is 8.15. The fourth-order valence-corrected chi connectivity index (χ4v) is 3.41. The molecule has 0 aliphatic heterocycles. The molecule has 0 bridgehead atoms. The van der Waals surface area contributed by atoms with Crippen molar-refractivity contribution in [2.45, 2.75) is 38.1 Å². The van der Waals surface area contributed by atoms with Gasteiger partial charge in [0, 0.05) is 12.6 Å². The monoisotopic (exact) mass is 300 g/mol. The Morgan fingerprint density at radius 3 is 2.45 bits per heavy atom. The van der Waals surface area contributed by atoms with Gasteiger partial charge in [-0.1, -0.05) is 13.8 Å². The van der Waals surface area contributed by atoms with Gasteiger partial charge in [-0.05, 0) is 43.0 Å². The third kappa shape index (κ3) is 4.47. The van der Waals surface area contributed by atoms with Crippen LogP contribution < -0.4 is 15.2 Å². The average molecular weight is 300 g/mol. The van der Waals surface area contributed by atoms with Crippen molar-refractivity contribution in [1.29, 1.82) is 0 Å². The minimum atomic E-state index is -3.55. The fraction of sp³-hybridized carbons (Fsp3) is 0.571. The van der Waals surface area contributed by atoms with Crippen LogP contribution in [0.1, 0.15) is 25.8 Å². The lowest BCUT2D eigenvalue weighted by Gasteiger charge is -2.19. The highest BCUT2D eigenvalue weighted by Gasteiger charge is 2.20. The Morgan fingerprint density at radius 2 is 2.00 bits per heavy atom. The molecule has 0 amide bonds. The number of ether oxygens (including phenoxy) is 1. The first-order chi connectivity index (χ1) is 9.30. The van der Waals surface area contributed by atoms with Gasteiger partial charge in [-0.3, -0.25) is 0 Å². The molecule has 0 heterocycles. The summed E-state index contributed by atoms with van der Waals surface area (Å²) in [6, 6.07) is 4.55. The third-order valence-corrected chi connectivity index (χ3v) is 4.56. The first kappa shape index (κ1) is 16.9. The molecular formula is C14H24N2O3S. The standard InChI is InChI=1S/C14H24N2O3S/c1-10(2)7-12(9-15)16-20(17,18)13-5-6-14(19-4)11(3)8-13/h5-6,8,10,12,16H,7,9,15H2,1-4H3. The maximum atomic E-state index is 12.3. The van der Waals surface area contributed by atoms with Crippen molar-refractivity contribution in [2.24, 2.45) is 11.7 Å². The van der Waals surface area contributed by atoms with Crippen LogP contribution in [0.25, 0.3) is 0 Å². The Kier molecular flexibility index (Phi) is 5.98. The van der Waals surface area contributed by atoms with Crippen LogP contribution in [0.4, 0.5) is 0 Å². The van der Waals surface area contributed by atoms with E-state index in [4.69, 9.17) is 10.5 Å². The molecule has 0 radical (unpaired) electrons. The molecule has 1 aromatic carbocycles. The summed E-state index contributed by atoms with van der Waals surface area (Å²) in [6.45, 7) is 6.17. The van der Waals surface area contributed by atoms with E-state index in [1.54, 1.807) is 19.2 Å². The van der Waals surface area contributed by atoms with Crippen molar-refractivity contribution >= 4 is 10.0 Å². The average Bonchev–Trinajstić information content (AvgIpc) is 2.36. The van der Waals surface area contributed by atoms with Gasteiger partial charge in [-0.15, -0.1) is 0 Å². The predicted molar refractivity (Wildman–Crippen MR) is 80.3 cm³/mol. The maximum absolute atomic E-state index is 12.3. The number of nitrogens with one attached hydrogen (secondary N) is 1. The van der Waals surface area contributed by atoms with Crippen LogP contribution in [-0.2, 0) is 10.0 Å². The van der Waals surface area contributed by atoms with E-state index in [1.165, 1.54) is 6.07 Å². The zero-order valence-electron chi connectivity index (χ0n) is 12.5. The van der Waals surface area contributed by atoms with Crippen LogP contribution in [-0.4, -0.2) is 28.1 Å². The second kappa shape index (κ2) is 7.06. The van der Waals surface area contributed by atoms with Crippen LogP contribution in [0.15, 0.2) is 23.1 Å². The van der Waals surface area contributed by atoms with Crippen molar-refractivity contribution < 1.29 is 13.2 Å². The molecule has 1 rings (SSSR count). The molecule has 0 spiro atoms. The Labute approximate surface area is 121 Å². The first-order valence-electron chi connectivity index (χ1n) is 6.67. The quantitative estimate of drug-likeness (QED) is 0.802. The molecule has 1 atom stereocenters. The molecule has 0 aliphatic rings. The van der Waals surface area contributed by atoms with E-state index in [2.05, 4.69) is 4.72 Å². The van der Waals surface area contributed by atoms with Gasteiger partial charge in [0.1, 0.15) is 5.75 Å². The number of aryl methyl sites for hydroxylation is 1. The summed E-state index contributed by atoms with van der Waals surface area (Å²) in [6.07, 6.45) is 0.713. The second-order valence-electron chi connectivity index (χ2n) is 5.31. The molecule has 1 aromatic rings. The summed E-state index contributed by atoms with van der Waals surface area (Å²) in [5.41, 5.74) is 6.42. The number of nitrogens with two attached hydrogens (primary N) is 1. The summed E-state index contributed by atoms with van der Waals surface area (Å²) in [5, 5.41) is 0. The van der Waals surface area contributed by atoms with E-state index < -0.39 is 10.0 Å². The fourth-order valence-electron chi connectivity index (χ4n) is 2.07. The van der Waals surface area contributed by atoms with E-state index in [9.17, 15) is 8.42 Å². The van der Waals surface area contributed by atoms with Crippen LogP contribution in [0.5, 0.6) is 5.75 Å². The minimum Gasteiger partial charge on any atom is -0.496 e. The van der Waals surface area contributed by atoms with Crippen LogP contribution in [0.3, 0.4) is 0 Å². The molecule has 6 heteroatoms. The van der Waals surface area contributed by atoms with Gasteiger partial charge >= 0.3 is 0 Å². The highest BCUT2D eigenvalue weighted by atomic mass is 32.2. The van der Waals surface area contributed by atoms with Crippen molar-refractivity contribution in [3.8, 4) is 5.75 Å². The molecular weight excluding hydrogens is 276 g/mol. The third-order valence-electron chi connectivity index (χ3n) is 3.04. The predicted octanol–water partition coefficient (Wildman–Crippen LogP) is 1.66. The van der Waals surface area contributed by atoms with Crippen molar-refractivity contribution in [3.05, 3.63) is 23.8 Å². The molecule has 0 aliphatic carbocycles. The Bertz CT molecular complexity index is 541. The lowest BCUT2D eigenvalue weighted by Crippen LogP contribution is -2.40. The molecule has 0 saturated carbocycles. The van der Waals surface area contributed by atoms with Crippen molar-refractivity contribution in [1.82, 2.24) is 4.72 Å². The van der Waals surface area contributed by atoms with Crippen molar-refractivity contribution in [3.63, 3.8) is 0 Å². The van der Waals surface area contributed by atoms with Crippen molar-refractivity contribution in [2.75, 3.05) is 13.7 Å². The maximum Gasteiger partial charge on any atom is 0.240 e. The summed E-state index contributed by atoms with van der Waals surface area (Å²) < 4.78 is 32.4. The molecule has 114 valence electrons. The number of sulfonamides is 1. The van der Waals surface area contributed by atoms with E-state index >= 15 is 0 Å². The van der Waals surface area contributed by atoms with Gasteiger partial charge in [0.25, 0.3) is 0 Å². The summed E-state index contributed by atoms with van der Waals surface area (Å²) >= 11 is 0. The molecule has 1 unspecified atom stereocenters. The molecule has 5 nitrogen and oxygen atoms in total. The second-order valence-corrected chi connectivity index (χ2v) is 7.03. The largest absolute Gasteiger partial charge is 0.496 e. The number of hydrogen-bond donors (Lipinski definition) is 2. The Balaban J connectivity index is 2.95. The molecule has 0 saturated heterocycles. The topological polar surface area (TPSA) is 81.4 Å². The zero-order chi connectivity index (χ0) is 15.3. The Morgan fingerprint density at radius 1 is 1.35 bits per heavy atom. The number of methoxy groups -OCH3 is 1. The minimum absolute atomic E-state index is 0.234. The lowest BCUT2D eigenvalue weighted by atomic mass is 10.1. The van der Waals surface area contributed by atoms with Gasteiger partial charge in [-0.2, -0.15) is 0 Å². The van der Waals surface area contributed by atoms with Gasteiger partial charge in [0.2, 0.25) is 10.0 Å². The van der Waals surface area contributed by atoms with E-state index in [0.717, 1.165) is 5.56 Å². The number of hydrogen-bond acceptors (Lipinski definition) is 4. The summed E-state index contributed by atoms with van der Waals surface area (Å²) in [5.74, 6) is 1.05. The number of rotatable bonds is 7. The van der Waals surface area contributed by atoms with E-state index in [-0.39, 0.29) is 17.5 Å². The van der Waals surface area contributed by atoms with Gasteiger partial charge in [0.05, 0.1) is 12.0 Å². The van der Waals surface area contributed by atoms with E-state index in [1.807, 2.05) is 20.8 Å². The zero-order valence-corrected chi connectivity index (χ0v) is 13.3. The van der Waals surface area contributed by atoms with Gasteiger partial charge in [0.15, 0.2) is 0 Å². The van der Waals surface area contributed by atoms with Gasteiger partial charge in [-0.25, -0.2) is 13.1 Å². The van der Waals surface area contributed by atoms with Crippen LogP contribution in [0.2, 0.25) is 0 Å². The normalized spacial score (nSPS) is 13.5. The molecule has 3 N–H and O–H groups in total. The highest BCUT2D eigenvalue weighted by Crippen LogP contribution is 2.21. The summed E-state index contributed by atoms with van der Waals surface area (Å²) in [7, 11) is -1.99. The SMILES string of the molecule is COc1ccc(S(=O)(=O)NC(CN)CC(C)C)cc1C. The van der Waals surface area contributed by atoms with E-state index in [0.29, 0.717) is 18.1 Å². The summed E-state index contributed by atoms with van der Waals surface area (Å²) in [4.78, 5) is 0.234. The molecule has 0 fully saturated rings. The highest BCUT2D eigenvalue weighted by molar-refractivity contribution is 7.89. The van der Waals surface area contributed by atoms with Gasteiger partial charge < -0.3 is 10.5 Å². The molecule has 20 heavy (non-hydrogen) atoms. The lowest BCUT2D eigenvalue weighted by molar-refractivity contribution is 0.411. The molecule has 0 aromatic heterocycles. The number of benzene rings is 1. The van der Waals surface area contributed by atoms with Crippen LogP contribution >= 0.6 is 0 Å². The van der Waals surface area contributed by atoms with Crippen LogP contribution in [0, 0.1) is 12.8 Å².